The average Bonchev–Trinajstić information content (AvgIpc) is 3.52. The van der Waals surface area contributed by atoms with E-state index < -0.39 is 9.84 Å². The van der Waals surface area contributed by atoms with Gasteiger partial charge in [0.15, 0.2) is 20.8 Å². The van der Waals surface area contributed by atoms with Crippen molar-refractivity contribution in [3.8, 4) is 0 Å². The number of hydrogen-bond acceptors (Lipinski definition) is 7. The molecule has 2 aliphatic heterocycles. The van der Waals surface area contributed by atoms with Gasteiger partial charge in [-0.1, -0.05) is 17.8 Å². The zero-order valence-electron chi connectivity index (χ0n) is 17.1. The number of Topliss-reactive ketones (excluding diaryl/α,β-unsaturated/α-hetero) is 1. The summed E-state index contributed by atoms with van der Waals surface area (Å²) in [5.41, 5.74) is 0.877. The van der Waals surface area contributed by atoms with Gasteiger partial charge in [0, 0.05) is 37.3 Å². The number of ketones is 1. The van der Waals surface area contributed by atoms with Crippen LogP contribution in [0.1, 0.15) is 51.9 Å². The third kappa shape index (κ3) is 4.77. The van der Waals surface area contributed by atoms with Crippen LogP contribution in [-0.2, 0) is 16.4 Å². The molecule has 31 heavy (non-hydrogen) atoms. The molecule has 11 heteroatoms. The van der Waals surface area contributed by atoms with E-state index in [1.165, 1.54) is 11.8 Å². The van der Waals surface area contributed by atoms with Crippen molar-refractivity contribution < 1.29 is 18.0 Å². The van der Waals surface area contributed by atoms with Gasteiger partial charge in [-0.25, -0.2) is 8.42 Å². The Morgan fingerprint density at radius 1 is 1.29 bits per heavy atom. The second kappa shape index (κ2) is 8.99. The van der Waals surface area contributed by atoms with Gasteiger partial charge in [0.25, 0.3) is 5.91 Å². The quantitative estimate of drug-likeness (QED) is 0.361. The first-order valence-electron chi connectivity index (χ1n) is 10.3. The lowest BCUT2D eigenvalue weighted by Gasteiger charge is -2.13. The van der Waals surface area contributed by atoms with Crippen molar-refractivity contribution >= 4 is 33.3 Å². The lowest BCUT2D eigenvalue weighted by atomic mass is 10.1. The second-order valence-corrected chi connectivity index (χ2v) is 11.0. The topological polar surface area (TPSA) is 118 Å². The summed E-state index contributed by atoms with van der Waals surface area (Å²) in [6.07, 6.45) is 5.81. The number of sulfone groups is 1. The molecule has 2 aliphatic rings. The SMILES string of the molecule is C=CCn1c(SCC(=O)c2c[nH]c(C(=O)N3CCCC3)c2)nnc1C1CCS(=O)(=O)C1. The number of carbonyl (C=O) groups is 2. The zero-order valence-corrected chi connectivity index (χ0v) is 18.8. The maximum absolute atomic E-state index is 12.7. The number of aromatic nitrogens is 4. The van der Waals surface area contributed by atoms with E-state index in [1.54, 1.807) is 23.2 Å². The van der Waals surface area contributed by atoms with Gasteiger partial charge >= 0.3 is 0 Å². The number of thioether (sulfide) groups is 1. The smallest absolute Gasteiger partial charge is 0.270 e. The number of carbonyl (C=O) groups excluding carboxylic acids is 2. The minimum atomic E-state index is -3.04. The van der Waals surface area contributed by atoms with Crippen LogP contribution in [0.25, 0.3) is 0 Å². The Hall–Kier alpha value is -2.40. The van der Waals surface area contributed by atoms with E-state index in [-0.39, 0.29) is 34.9 Å². The minimum Gasteiger partial charge on any atom is -0.356 e. The van der Waals surface area contributed by atoms with E-state index >= 15 is 0 Å². The van der Waals surface area contributed by atoms with E-state index in [1.807, 2.05) is 4.57 Å². The van der Waals surface area contributed by atoms with Gasteiger partial charge in [0.2, 0.25) is 0 Å². The van der Waals surface area contributed by atoms with Crippen LogP contribution in [0.3, 0.4) is 0 Å². The Morgan fingerprint density at radius 3 is 2.74 bits per heavy atom. The van der Waals surface area contributed by atoms with Crippen molar-refractivity contribution in [1.82, 2.24) is 24.6 Å². The second-order valence-electron chi connectivity index (χ2n) is 7.85. The third-order valence-electron chi connectivity index (χ3n) is 5.62. The Balaban J connectivity index is 1.42. The summed E-state index contributed by atoms with van der Waals surface area (Å²) in [6.45, 7) is 5.70. The van der Waals surface area contributed by atoms with Crippen molar-refractivity contribution in [3.05, 3.63) is 42.0 Å². The summed E-state index contributed by atoms with van der Waals surface area (Å²) >= 11 is 1.25. The van der Waals surface area contributed by atoms with E-state index in [0.29, 0.717) is 35.2 Å². The highest BCUT2D eigenvalue weighted by Gasteiger charge is 2.33. The fourth-order valence-corrected chi connectivity index (χ4v) is 6.58. The molecule has 2 aromatic rings. The number of amides is 1. The van der Waals surface area contributed by atoms with Crippen molar-refractivity contribution in [2.24, 2.45) is 0 Å². The number of aromatic amines is 1. The summed E-state index contributed by atoms with van der Waals surface area (Å²) in [4.78, 5) is 29.8. The van der Waals surface area contributed by atoms with Crippen LogP contribution in [-0.4, -0.2) is 75.1 Å². The fraction of sp³-hybridized carbons (Fsp3) is 0.500. The molecule has 4 rings (SSSR count). The van der Waals surface area contributed by atoms with Crippen LogP contribution >= 0.6 is 11.8 Å². The molecule has 0 aromatic carbocycles. The minimum absolute atomic E-state index is 0.0725. The number of H-pyrrole nitrogens is 1. The van der Waals surface area contributed by atoms with Crippen LogP contribution in [0.15, 0.2) is 30.1 Å². The first kappa shape index (κ1) is 21.8. The number of nitrogens with one attached hydrogen (secondary N) is 1. The monoisotopic (exact) mass is 463 g/mol. The molecule has 0 aliphatic carbocycles. The molecule has 2 saturated heterocycles. The Morgan fingerprint density at radius 2 is 2.06 bits per heavy atom. The van der Waals surface area contributed by atoms with Crippen LogP contribution in [0.5, 0.6) is 0 Å². The molecule has 0 spiro atoms. The van der Waals surface area contributed by atoms with E-state index in [9.17, 15) is 18.0 Å². The summed E-state index contributed by atoms with van der Waals surface area (Å²) in [5, 5.41) is 8.96. The van der Waals surface area contributed by atoms with E-state index in [2.05, 4.69) is 21.8 Å². The molecular formula is C20H25N5O4S2. The van der Waals surface area contributed by atoms with Gasteiger partial charge in [-0.05, 0) is 25.3 Å². The van der Waals surface area contributed by atoms with E-state index in [4.69, 9.17) is 0 Å². The number of likely N-dealkylation sites (tertiary alicyclic amines) is 1. The maximum Gasteiger partial charge on any atom is 0.270 e. The molecule has 1 unspecified atom stereocenters. The van der Waals surface area contributed by atoms with Crippen LogP contribution in [0.2, 0.25) is 0 Å². The first-order chi connectivity index (χ1) is 14.9. The highest BCUT2D eigenvalue weighted by Crippen LogP contribution is 2.30. The van der Waals surface area contributed by atoms with Crippen molar-refractivity contribution in [2.75, 3.05) is 30.3 Å². The molecule has 2 aromatic heterocycles. The van der Waals surface area contributed by atoms with Crippen molar-refractivity contribution in [2.45, 2.75) is 36.9 Å². The molecule has 9 nitrogen and oxygen atoms in total. The molecule has 0 bridgehead atoms. The summed E-state index contributed by atoms with van der Waals surface area (Å²) < 4.78 is 25.5. The highest BCUT2D eigenvalue weighted by molar-refractivity contribution is 7.99. The lowest BCUT2D eigenvalue weighted by Crippen LogP contribution is -2.27. The molecule has 166 valence electrons. The van der Waals surface area contributed by atoms with Gasteiger partial charge in [-0.15, -0.1) is 16.8 Å². The summed E-state index contributed by atoms with van der Waals surface area (Å²) in [5.74, 6) is 0.593. The Kier molecular flexibility index (Phi) is 6.33. The van der Waals surface area contributed by atoms with Crippen molar-refractivity contribution in [3.63, 3.8) is 0 Å². The van der Waals surface area contributed by atoms with Gasteiger partial charge in [0.05, 0.1) is 17.3 Å². The normalized spacial score (nSPS) is 20.3. The van der Waals surface area contributed by atoms with E-state index in [0.717, 1.165) is 25.9 Å². The Labute approximate surface area is 185 Å². The molecule has 1 atom stereocenters. The van der Waals surface area contributed by atoms with Gasteiger partial charge in [0.1, 0.15) is 11.5 Å². The average molecular weight is 464 g/mol. The van der Waals surface area contributed by atoms with Gasteiger partial charge in [-0.3, -0.25) is 9.59 Å². The standard InChI is InChI=1S/C20H25N5O4S2/c1-2-6-25-18(14-5-9-31(28,29)13-14)22-23-20(25)30-12-17(26)15-10-16(21-11-15)19(27)24-7-3-4-8-24/h2,10-11,14,21H,1,3-9,12-13H2. The van der Waals surface area contributed by atoms with Crippen LogP contribution in [0, 0.1) is 0 Å². The molecule has 0 saturated carbocycles. The molecule has 4 heterocycles. The maximum atomic E-state index is 12.7. The summed E-state index contributed by atoms with van der Waals surface area (Å²) in [6, 6.07) is 1.60. The van der Waals surface area contributed by atoms with Gasteiger partial charge in [-0.2, -0.15) is 0 Å². The van der Waals surface area contributed by atoms with Crippen LogP contribution < -0.4 is 0 Å². The zero-order chi connectivity index (χ0) is 22.0. The largest absolute Gasteiger partial charge is 0.356 e. The highest BCUT2D eigenvalue weighted by atomic mass is 32.2. The van der Waals surface area contributed by atoms with Gasteiger partial charge < -0.3 is 14.5 Å². The predicted octanol–water partition coefficient (Wildman–Crippen LogP) is 1.91. The van der Waals surface area contributed by atoms with Crippen LogP contribution in [0.4, 0.5) is 0 Å². The molecular weight excluding hydrogens is 438 g/mol. The number of nitrogens with zero attached hydrogens (tertiary/aromatic N) is 4. The number of hydrogen-bond donors (Lipinski definition) is 1. The molecule has 1 amide bonds. The fourth-order valence-electron chi connectivity index (χ4n) is 3.99. The number of allylic oxidation sites excluding steroid dienone is 1. The van der Waals surface area contributed by atoms with Crippen molar-refractivity contribution in [1.29, 1.82) is 0 Å². The third-order valence-corrected chi connectivity index (χ3v) is 8.35. The first-order valence-corrected chi connectivity index (χ1v) is 13.1. The molecule has 0 radical (unpaired) electrons. The lowest BCUT2D eigenvalue weighted by molar-refractivity contribution is 0.0787. The number of rotatable bonds is 8. The Bertz CT molecular complexity index is 1100. The molecule has 1 N–H and O–H groups in total. The molecule has 2 fully saturated rings. The summed E-state index contributed by atoms with van der Waals surface area (Å²) in [7, 11) is -3.04. The predicted molar refractivity (Wildman–Crippen MR) is 117 cm³/mol.